The van der Waals surface area contributed by atoms with Gasteiger partial charge in [-0.1, -0.05) is 66.7 Å². The van der Waals surface area contributed by atoms with Gasteiger partial charge in [0.25, 0.3) is 0 Å². The van der Waals surface area contributed by atoms with E-state index in [-0.39, 0.29) is 18.8 Å². The standard InChI is InChI=1S/C26H23FO6/c27-22-23(33-25(29)20-14-8-3-9-15-20)21(17-30-24(28)19-12-6-2-7-13-19)32-26(22)31-16-18-10-4-1-5-11-18/h1-15,21-23,26H,16-17H2. The SMILES string of the molecule is O=C(OCC1OC(OCc2ccccc2)C(F)C1OC(=O)c1ccccc1)c1ccccc1. The molecule has 0 N–H and O–H groups in total. The van der Waals surface area contributed by atoms with Crippen molar-refractivity contribution in [1.29, 1.82) is 0 Å². The van der Waals surface area contributed by atoms with Gasteiger partial charge < -0.3 is 18.9 Å². The number of esters is 2. The van der Waals surface area contributed by atoms with Gasteiger partial charge in [0.1, 0.15) is 12.7 Å². The second-order valence-corrected chi connectivity index (χ2v) is 7.48. The van der Waals surface area contributed by atoms with Gasteiger partial charge in [0, 0.05) is 0 Å². The first-order chi connectivity index (χ1) is 16.1. The Morgan fingerprint density at radius 2 is 1.33 bits per heavy atom. The lowest BCUT2D eigenvalue weighted by atomic mass is 10.1. The number of carbonyl (C=O) groups is 2. The molecule has 170 valence electrons. The minimum Gasteiger partial charge on any atom is -0.459 e. The number of ether oxygens (including phenoxy) is 4. The van der Waals surface area contributed by atoms with Crippen molar-refractivity contribution in [2.24, 2.45) is 0 Å². The zero-order valence-corrected chi connectivity index (χ0v) is 17.7. The van der Waals surface area contributed by atoms with Crippen molar-refractivity contribution >= 4 is 11.9 Å². The van der Waals surface area contributed by atoms with Crippen LogP contribution in [0.15, 0.2) is 91.0 Å². The van der Waals surface area contributed by atoms with Crippen molar-refractivity contribution in [2.45, 2.75) is 31.3 Å². The Morgan fingerprint density at radius 3 is 1.94 bits per heavy atom. The Bertz CT molecular complexity index is 1040. The summed E-state index contributed by atoms with van der Waals surface area (Å²) >= 11 is 0. The molecule has 0 radical (unpaired) electrons. The maximum atomic E-state index is 15.3. The Hall–Kier alpha value is -3.55. The Kier molecular flexibility index (Phi) is 7.44. The van der Waals surface area contributed by atoms with Crippen molar-refractivity contribution < 1.29 is 32.9 Å². The lowest BCUT2D eigenvalue weighted by molar-refractivity contribution is -0.164. The van der Waals surface area contributed by atoms with Crippen LogP contribution in [0, 0.1) is 0 Å². The third-order valence-electron chi connectivity index (χ3n) is 5.15. The zero-order valence-electron chi connectivity index (χ0n) is 17.7. The summed E-state index contributed by atoms with van der Waals surface area (Å²) < 4.78 is 37.3. The summed E-state index contributed by atoms with van der Waals surface area (Å²) in [7, 11) is 0. The summed E-state index contributed by atoms with van der Waals surface area (Å²) in [5, 5.41) is 0. The van der Waals surface area contributed by atoms with Crippen molar-refractivity contribution in [3.63, 3.8) is 0 Å². The van der Waals surface area contributed by atoms with E-state index in [2.05, 4.69) is 0 Å². The molecule has 4 atom stereocenters. The minimum atomic E-state index is -1.76. The lowest BCUT2D eigenvalue weighted by Crippen LogP contribution is -2.37. The van der Waals surface area contributed by atoms with Crippen LogP contribution in [0.5, 0.6) is 0 Å². The highest BCUT2D eigenvalue weighted by Crippen LogP contribution is 2.29. The highest BCUT2D eigenvalue weighted by molar-refractivity contribution is 5.90. The van der Waals surface area contributed by atoms with E-state index in [0.717, 1.165) is 5.56 Å². The Morgan fingerprint density at radius 1 is 0.788 bits per heavy atom. The van der Waals surface area contributed by atoms with Crippen LogP contribution >= 0.6 is 0 Å². The van der Waals surface area contributed by atoms with Crippen molar-refractivity contribution in [3.05, 3.63) is 108 Å². The maximum Gasteiger partial charge on any atom is 0.338 e. The van der Waals surface area contributed by atoms with E-state index in [0.29, 0.717) is 5.56 Å². The minimum absolute atomic E-state index is 0.113. The predicted molar refractivity (Wildman–Crippen MR) is 117 cm³/mol. The molecule has 4 rings (SSSR count). The third kappa shape index (κ3) is 5.83. The smallest absolute Gasteiger partial charge is 0.338 e. The quantitative estimate of drug-likeness (QED) is 0.475. The molecule has 4 unspecified atom stereocenters. The zero-order chi connectivity index (χ0) is 23.0. The summed E-state index contributed by atoms with van der Waals surface area (Å²) in [5.41, 5.74) is 1.46. The van der Waals surface area contributed by atoms with E-state index >= 15 is 4.39 Å². The molecular weight excluding hydrogens is 427 g/mol. The number of alkyl halides is 1. The van der Waals surface area contributed by atoms with Gasteiger partial charge >= 0.3 is 11.9 Å². The highest BCUT2D eigenvalue weighted by Gasteiger charge is 2.49. The maximum absolute atomic E-state index is 15.3. The molecule has 3 aromatic rings. The molecule has 3 aromatic carbocycles. The predicted octanol–water partition coefficient (Wildman–Crippen LogP) is 4.35. The summed E-state index contributed by atoms with van der Waals surface area (Å²) in [6, 6.07) is 25.9. The molecule has 0 amide bonds. The second kappa shape index (κ2) is 10.8. The van der Waals surface area contributed by atoms with Crippen LogP contribution in [0.3, 0.4) is 0 Å². The summed E-state index contributed by atoms with van der Waals surface area (Å²) in [4.78, 5) is 24.9. The van der Waals surface area contributed by atoms with E-state index in [1.54, 1.807) is 60.7 Å². The van der Waals surface area contributed by atoms with Gasteiger partial charge in [0.15, 0.2) is 18.6 Å². The van der Waals surface area contributed by atoms with Crippen molar-refractivity contribution in [3.8, 4) is 0 Å². The first kappa shape index (κ1) is 22.6. The van der Waals surface area contributed by atoms with Crippen LogP contribution < -0.4 is 0 Å². The molecule has 7 heteroatoms. The van der Waals surface area contributed by atoms with E-state index in [1.165, 1.54) is 0 Å². The van der Waals surface area contributed by atoms with Crippen molar-refractivity contribution in [2.75, 3.05) is 6.61 Å². The highest BCUT2D eigenvalue weighted by atomic mass is 19.1. The lowest BCUT2D eigenvalue weighted by Gasteiger charge is -2.19. The van der Waals surface area contributed by atoms with Gasteiger partial charge in [-0.25, -0.2) is 14.0 Å². The third-order valence-corrected chi connectivity index (χ3v) is 5.15. The van der Waals surface area contributed by atoms with E-state index in [9.17, 15) is 9.59 Å². The normalized spacial score (nSPS) is 22.0. The fourth-order valence-electron chi connectivity index (χ4n) is 3.42. The number of hydrogen-bond donors (Lipinski definition) is 0. The van der Waals surface area contributed by atoms with Crippen LogP contribution in [-0.4, -0.2) is 43.2 Å². The number of hydrogen-bond acceptors (Lipinski definition) is 6. The number of benzene rings is 3. The molecule has 0 aliphatic carbocycles. The molecule has 1 saturated heterocycles. The summed E-state index contributed by atoms with van der Waals surface area (Å²) in [5.74, 6) is -1.29. The number of rotatable bonds is 8. The first-order valence-electron chi connectivity index (χ1n) is 10.5. The molecule has 1 aliphatic rings. The average molecular weight is 450 g/mol. The van der Waals surface area contributed by atoms with Crippen LogP contribution in [0.4, 0.5) is 4.39 Å². The fourth-order valence-corrected chi connectivity index (χ4v) is 3.42. The fraction of sp³-hybridized carbons (Fsp3) is 0.231. The molecule has 0 aromatic heterocycles. The topological polar surface area (TPSA) is 71.1 Å². The Balaban J connectivity index is 1.44. The van der Waals surface area contributed by atoms with Gasteiger partial charge in [-0.05, 0) is 29.8 Å². The molecule has 0 spiro atoms. The molecule has 6 nitrogen and oxygen atoms in total. The van der Waals surface area contributed by atoms with Crippen LogP contribution in [0.2, 0.25) is 0 Å². The molecule has 1 heterocycles. The molecule has 1 fully saturated rings. The average Bonchev–Trinajstić information content (AvgIpc) is 3.17. The monoisotopic (exact) mass is 450 g/mol. The van der Waals surface area contributed by atoms with Crippen molar-refractivity contribution in [1.82, 2.24) is 0 Å². The first-order valence-corrected chi connectivity index (χ1v) is 10.5. The van der Waals surface area contributed by atoms with Gasteiger partial charge in [0.2, 0.25) is 0 Å². The Labute approximate surface area is 190 Å². The molecule has 33 heavy (non-hydrogen) atoms. The van der Waals surface area contributed by atoms with E-state index in [1.807, 2.05) is 30.3 Å². The molecule has 1 aliphatic heterocycles. The molecule has 0 saturated carbocycles. The largest absolute Gasteiger partial charge is 0.459 e. The second-order valence-electron chi connectivity index (χ2n) is 7.48. The summed E-state index contributed by atoms with van der Waals surface area (Å²) in [6.45, 7) is -0.187. The number of carbonyl (C=O) groups excluding carboxylic acids is 2. The molecular formula is C26H23FO6. The van der Waals surface area contributed by atoms with E-state index in [4.69, 9.17) is 18.9 Å². The summed E-state index contributed by atoms with van der Waals surface area (Å²) in [6.07, 6.45) is -5.37. The van der Waals surface area contributed by atoms with Crippen LogP contribution in [0.1, 0.15) is 26.3 Å². The number of halogens is 1. The molecule has 0 bridgehead atoms. The van der Waals surface area contributed by atoms with Gasteiger partial charge in [-0.3, -0.25) is 0 Å². The van der Waals surface area contributed by atoms with E-state index < -0.39 is 36.6 Å². The van der Waals surface area contributed by atoms with Gasteiger partial charge in [0.05, 0.1) is 17.7 Å². The van der Waals surface area contributed by atoms with Crippen LogP contribution in [-0.2, 0) is 25.6 Å². The van der Waals surface area contributed by atoms with Crippen LogP contribution in [0.25, 0.3) is 0 Å². The van der Waals surface area contributed by atoms with Gasteiger partial charge in [-0.2, -0.15) is 0 Å². The van der Waals surface area contributed by atoms with Gasteiger partial charge in [-0.15, -0.1) is 0 Å².